The molecule has 3 aromatic rings. The number of carbonyl (C=O) groups is 1. The molecule has 1 amide bonds. The fourth-order valence-corrected chi connectivity index (χ4v) is 2.60. The second-order valence-electron chi connectivity index (χ2n) is 5.47. The molecule has 106 valence electrons. The summed E-state index contributed by atoms with van der Waals surface area (Å²) in [6, 6.07) is 15.4. The molecule has 21 heavy (non-hydrogen) atoms. The number of hydrogen-bond acceptors (Lipinski definition) is 2. The van der Waals surface area contributed by atoms with Crippen LogP contribution < -0.4 is 5.32 Å². The minimum Gasteiger partial charge on any atom is -0.506 e. The molecule has 0 saturated carbocycles. The van der Waals surface area contributed by atoms with Gasteiger partial charge in [0.25, 0.3) is 5.91 Å². The quantitative estimate of drug-likeness (QED) is 0.700. The molecule has 0 aromatic heterocycles. The van der Waals surface area contributed by atoms with Crippen LogP contribution in [0.2, 0.25) is 0 Å². The lowest BCUT2D eigenvalue weighted by Crippen LogP contribution is -2.30. The van der Waals surface area contributed by atoms with Crippen molar-refractivity contribution in [3.05, 3.63) is 54.1 Å². The summed E-state index contributed by atoms with van der Waals surface area (Å²) in [7, 11) is 0. The van der Waals surface area contributed by atoms with Crippen molar-refractivity contribution in [3.8, 4) is 5.75 Å². The van der Waals surface area contributed by atoms with Crippen LogP contribution in [0.3, 0.4) is 0 Å². The lowest BCUT2D eigenvalue weighted by atomic mass is 9.99. The summed E-state index contributed by atoms with van der Waals surface area (Å²) >= 11 is 0. The third-order valence-electron chi connectivity index (χ3n) is 3.56. The Kier molecular flexibility index (Phi) is 3.26. The molecule has 0 atom stereocenters. The van der Waals surface area contributed by atoms with Crippen LogP contribution in [0.25, 0.3) is 21.5 Å². The molecule has 0 aliphatic carbocycles. The molecule has 0 unspecified atom stereocenters. The molecule has 2 N–H and O–H groups in total. The first-order chi connectivity index (χ1) is 10.1. The normalized spacial score (nSPS) is 11.2. The van der Waals surface area contributed by atoms with Gasteiger partial charge in [-0.05, 0) is 42.1 Å². The van der Waals surface area contributed by atoms with E-state index >= 15 is 0 Å². The maximum Gasteiger partial charge on any atom is 0.255 e. The van der Waals surface area contributed by atoms with Gasteiger partial charge in [0.1, 0.15) is 5.75 Å². The highest BCUT2D eigenvalue weighted by Gasteiger charge is 2.15. The maximum atomic E-state index is 12.1. The fraction of sp³-hybridized carbons (Fsp3) is 0.167. The van der Waals surface area contributed by atoms with Crippen LogP contribution in [0.4, 0.5) is 0 Å². The molecule has 3 nitrogen and oxygen atoms in total. The van der Waals surface area contributed by atoms with Crippen LogP contribution in [0.1, 0.15) is 24.2 Å². The molecule has 0 fully saturated rings. The average molecular weight is 279 g/mol. The molecule has 0 aliphatic rings. The minimum absolute atomic E-state index is 0.0317. The summed E-state index contributed by atoms with van der Waals surface area (Å²) in [5, 5.41) is 17.1. The molecule has 3 heteroatoms. The van der Waals surface area contributed by atoms with Crippen LogP contribution >= 0.6 is 0 Å². The van der Waals surface area contributed by atoms with Gasteiger partial charge in [-0.25, -0.2) is 0 Å². The number of benzene rings is 3. The van der Waals surface area contributed by atoms with E-state index in [-0.39, 0.29) is 17.7 Å². The summed E-state index contributed by atoms with van der Waals surface area (Å²) in [4.78, 5) is 12.1. The first kappa shape index (κ1) is 13.4. The Morgan fingerprint density at radius 3 is 2.43 bits per heavy atom. The maximum absolute atomic E-state index is 12.1. The third-order valence-corrected chi connectivity index (χ3v) is 3.56. The van der Waals surface area contributed by atoms with Crippen molar-refractivity contribution in [1.82, 2.24) is 5.32 Å². The number of phenols is 1. The van der Waals surface area contributed by atoms with Crippen LogP contribution in [0.15, 0.2) is 48.5 Å². The molecular weight excluding hydrogens is 262 g/mol. The number of nitrogens with one attached hydrogen (secondary N) is 1. The fourth-order valence-electron chi connectivity index (χ4n) is 2.60. The van der Waals surface area contributed by atoms with Crippen LogP contribution in [0.5, 0.6) is 5.75 Å². The Bertz CT molecular complexity index is 837. The standard InChI is InChI=1S/C18H17NO2/c1-11(2)19-18(21)16-10-9-14-13-6-4-3-5-12(13)7-8-15(14)17(16)20/h3-11,20H,1-2H3,(H,19,21). The predicted molar refractivity (Wildman–Crippen MR) is 85.7 cm³/mol. The van der Waals surface area contributed by atoms with Crippen molar-refractivity contribution in [3.63, 3.8) is 0 Å². The molecule has 0 heterocycles. The van der Waals surface area contributed by atoms with Gasteiger partial charge in [0.15, 0.2) is 0 Å². The van der Waals surface area contributed by atoms with E-state index < -0.39 is 0 Å². The molecule has 3 aromatic carbocycles. The first-order valence-corrected chi connectivity index (χ1v) is 7.02. The molecule has 0 radical (unpaired) electrons. The summed E-state index contributed by atoms with van der Waals surface area (Å²) in [6.07, 6.45) is 0. The lowest BCUT2D eigenvalue weighted by molar-refractivity contribution is 0.0940. The molecule has 0 spiro atoms. The summed E-state index contributed by atoms with van der Waals surface area (Å²) < 4.78 is 0. The number of fused-ring (bicyclic) bond motifs is 3. The van der Waals surface area contributed by atoms with Gasteiger partial charge in [-0.15, -0.1) is 0 Å². The zero-order chi connectivity index (χ0) is 15.0. The van der Waals surface area contributed by atoms with Crippen molar-refractivity contribution in [2.75, 3.05) is 0 Å². The average Bonchev–Trinajstić information content (AvgIpc) is 2.46. The van der Waals surface area contributed by atoms with Gasteiger partial charge in [-0.3, -0.25) is 4.79 Å². The Morgan fingerprint density at radius 1 is 0.952 bits per heavy atom. The van der Waals surface area contributed by atoms with Gasteiger partial charge in [0.2, 0.25) is 0 Å². The van der Waals surface area contributed by atoms with E-state index in [0.717, 1.165) is 16.2 Å². The van der Waals surface area contributed by atoms with Gasteiger partial charge < -0.3 is 10.4 Å². The summed E-state index contributed by atoms with van der Waals surface area (Å²) in [6.45, 7) is 3.78. The van der Waals surface area contributed by atoms with Crippen LogP contribution in [-0.2, 0) is 0 Å². The number of hydrogen-bond donors (Lipinski definition) is 2. The summed E-state index contributed by atoms with van der Waals surface area (Å²) in [5.74, 6) is -0.214. The zero-order valence-corrected chi connectivity index (χ0v) is 12.1. The van der Waals surface area contributed by atoms with Crippen LogP contribution in [-0.4, -0.2) is 17.1 Å². The van der Waals surface area contributed by atoms with Crippen LogP contribution in [0, 0.1) is 0 Å². The number of carbonyl (C=O) groups excluding carboxylic acids is 1. The monoisotopic (exact) mass is 279 g/mol. The highest BCUT2D eigenvalue weighted by molar-refractivity contribution is 6.12. The van der Waals surface area contributed by atoms with Crippen molar-refractivity contribution in [2.45, 2.75) is 19.9 Å². The van der Waals surface area contributed by atoms with Crippen molar-refractivity contribution in [2.24, 2.45) is 0 Å². The Labute approximate surface area is 123 Å². The topological polar surface area (TPSA) is 49.3 Å². The van der Waals surface area contributed by atoms with E-state index in [0.29, 0.717) is 10.9 Å². The van der Waals surface area contributed by atoms with Gasteiger partial charge in [0.05, 0.1) is 5.56 Å². The Hall–Kier alpha value is -2.55. The van der Waals surface area contributed by atoms with E-state index in [2.05, 4.69) is 5.32 Å². The van der Waals surface area contributed by atoms with E-state index in [1.165, 1.54) is 0 Å². The summed E-state index contributed by atoms with van der Waals surface area (Å²) in [5.41, 5.74) is 0.312. The molecule has 0 aliphatic heterocycles. The van der Waals surface area contributed by atoms with Crippen molar-refractivity contribution in [1.29, 1.82) is 0 Å². The first-order valence-electron chi connectivity index (χ1n) is 7.02. The number of amides is 1. The second kappa shape index (κ2) is 5.09. The number of aromatic hydroxyl groups is 1. The van der Waals surface area contributed by atoms with Gasteiger partial charge in [-0.2, -0.15) is 0 Å². The molecular formula is C18H17NO2. The number of phenolic OH excluding ortho intramolecular Hbond substituents is 1. The SMILES string of the molecule is CC(C)NC(=O)c1ccc2c(ccc3ccccc32)c1O. The Balaban J connectivity index is 2.22. The Morgan fingerprint density at radius 2 is 1.67 bits per heavy atom. The van der Waals surface area contributed by atoms with E-state index in [1.807, 2.05) is 56.3 Å². The van der Waals surface area contributed by atoms with E-state index in [9.17, 15) is 9.90 Å². The van der Waals surface area contributed by atoms with Gasteiger partial charge in [-0.1, -0.05) is 36.4 Å². The molecule has 0 saturated heterocycles. The van der Waals surface area contributed by atoms with Crippen molar-refractivity contribution < 1.29 is 9.90 Å². The zero-order valence-electron chi connectivity index (χ0n) is 12.1. The van der Waals surface area contributed by atoms with E-state index in [1.54, 1.807) is 6.07 Å². The highest BCUT2D eigenvalue weighted by Crippen LogP contribution is 2.33. The van der Waals surface area contributed by atoms with Crippen molar-refractivity contribution >= 4 is 27.5 Å². The number of rotatable bonds is 2. The third kappa shape index (κ3) is 2.31. The predicted octanol–water partition coefficient (Wildman–Crippen LogP) is 3.84. The van der Waals surface area contributed by atoms with Gasteiger partial charge in [0, 0.05) is 11.4 Å². The highest BCUT2D eigenvalue weighted by atomic mass is 16.3. The second-order valence-corrected chi connectivity index (χ2v) is 5.47. The minimum atomic E-state index is -0.252. The van der Waals surface area contributed by atoms with E-state index in [4.69, 9.17) is 0 Å². The smallest absolute Gasteiger partial charge is 0.255 e. The van der Waals surface area contributed by atoms with Gasteiger partial charge >= 0.3 is 0 Å². The largest absolute Gasteiger partial charge is 0.506 e. The molecule has 3 rings (SSSR count). The molecule has 0 bridgehead atoms. The lowest BCUT2D eigenvalue weighted by Gasteiger charge is -2.12.